The fourth-order valence-electron chi connectivity index (χ4n) is 4.66. The van der Waals surface area contributed by atoms with Gasteiger partial charge in [0, 0.05) is 0 Å². The van der Waals surface area contributed by atoms with Crippen LogP contribution in [0.4, 0.5) is 0 Å². The van der Waals surface area contributed by atoms with Crippen molar-refractivity contribution in [2.45, 2.75) is 39.0 Å². The molecule has 1 heterocycles. The third-order valence-electron chi connectivity index (χ3n) is 6.31. The number of likely N-dealkylation sites (tertiary alicyclic amines) is 1. The molecule has 0 saturated carbocycles. The fraction of sp³-hybridized carbons (Fsp3) is 0.310. The Kier molecular flexibility index (Phi) is 7.22. The van der Waals surface area contributed by atoms with Gasteiger partial charge >= 0.3 is 0 Å². The van der Waals surface area contributed by atoms with Crippen molar-refractivity contribution in [3.8, 4) is 5.75 Å². The van der Waals surface area contributed by atoms with E-state index >= 15 is 0 Å². The minimum Gasteiger partial charge on any atom is -0.508 e. The molecule has 0 bridgehead atoms. The Morgan fingerprint density at radius 1 is 0.774 bits per heavy atom. The number of benzene rings is 3. The van der Waals surface area contributed by atoms with Crippen LogP contribution in [0.25, 0.3) is 11.1 Å². The minimum absolute atomic E-state index is 0.300. The maximum atomic E-state index is 9.80. The second-order valence-electron chi connectivity index (χ2n) is 8.47. The Morgan fingerprint density at radius 3 is 2.00 bits per heavy atom. The minimum atomic E-state index is 0.300. The third-order valence-corrected chi connectivity index (χ3v) is 6.31. The predicted octanol–water partition coefficient (Wildman–Crippen LogP) is 6.79. The molecule has 1 aliphatic rings. The SMILES string of the molecule is CC/C(=C(\c1ccc(O)cc1)c1ccc(CCCN2CCCC2)cc1)c1ccccc1. The van der Waals surface area contributed by atoms with Gasteiger partial charge in [-0.15, -0.1) is 0 Å². The summed E-state index contributed by atoms with van der Waals surface area (Å²) in [6, 6.07) is 27.4. The molecule has 2 nitrogen and oxygen atoms in total. The third kappa shape index (κ3) is 5.45. The van der Waals surface area contributed by atoms with Crippen LogP contribution in [0.2, 0.25) is 0 Å². The van der Waals surface area contributed by atoms with Crippen LogP contribution in [0, 0.1) is 0 Å². The van der Waals surface area contributed by atoms with Crippen molar-refractivity contribution < 1.29 is 5.11 Å². The molecule has 4 rings (SSSR count). The summed E-state index contributed by atoms with van der Waals surface area (Å²) in [5.41, 5.74) is 7.61. The Balaban J connectivity index is 1.62. The first kappa shape index (κ1) is 21.4. The maximum absolute atomic E-state index is 9.80. The average molecular weight is 412 g/mol. The molecule has 1 fully saturated rings. The van der Waals surface area contributed by atoms with Crippen LogP contribution in [0.3, 0.4) is 0 Å². The van der Waals surface area contributed by atoms with Crippen LogP contribution < -0.4 is 0 Å². The summed E-state index contributed by atoms with van der Waals surface area (Å²) in [6.45, 7) is 5.99. The molecule has 1 N–H and O–H groups in total. The molecule has 0 radical (unpaired) electrons. The zero-order chi connectivity index (χ0) is 21.5. The lowest BCUT2D eigenvalue weighted by molar-refractivity contribution is 0.334. The maximum Gasteiger partial charge on any atom is 0.115 e. The second kappa shape index (κ2) is 10.5. The lowest BCUT2D eigenvalue weighted by Gasteiger charge is -2.17. The molecule has 2 heteroatoms. The van der Waals surface area contributed by atoms with E-state index in [1.165, 1.54) is 66.7 Å². The zero-order valence-electron chi connectivity index (χ0n) is 18.6. The topological polar surface area (TPSA) is 23.5 Å². The number of hydrogen-bond donors (Lipinski definition) is 1. The van der Waals surface area contributed by atoms with E-state index < -0.39 is 0 Å². The molecule has 0 spiro atoms. The normalized spacial score (nSPS) is 15.1. The lowest BCUT2D eigenvalue weighted by Crippen LogP contribution is -2.20. The molecule has 3 aromatic carbocycles. The molecule has 0 amide bonds. The molecule has 0 atom stereocenters. The van der Waals surface area contributed by atoms with Crippen molar-refractivity contribution in [2.75, 3.05) is 19.6 Å². The molecule has 3 aromatic rings. The Morgan fingerprint density at radius 2 is 1.39 bits per heavy atom. The van der Waals surface area contributed by atoms with E-state index in [4.69, 9.17) is 0 Å². The van der Waals surface area contributed by atoms with E-state index in [1.54, 1.807) is 12.1 Å². The zero-order valence-corrected chi connectivity index (χ0v) is 18.6. The molecular formula is C29H33NO. The van der Waals surface area contributed by atoms with E-state index in [0.717, 1.165) is 18.4 Å². The van der Waals surface area contributed by atoms with Gasteiger partial charge < -0.3 is 10.0 Å². The molecule has 1 saturated heterocycles. The predicted molar refractivity (Wildman–Crippen MR) is 131 cm³/mol. The monoisotopic (exact) mass is 411 g/mol. The van der Waals surface area contributed by atoms with Crippen LogP contribution in [0.5, 0.6) is 5.75 Å². The smallest absolute Gasteiger partial charge is 0.115 e. The van der Waals surface area contributed by atoms with Crippen LogP contribution in [0.15, 0.2) is 78.9 Å². The van der Waals surface area contributed by atoms with Crippen LogP contribution in [0.1, 0.15) is 54.9 Å². The van der Waals surface area contributed by atoms with E-state index in [-0.39, 0.29) is 0 Å². The summed E-state index contributed by atoms with van der Waals surface area (Å²) >= 11 is 0. The van der Waals surface area contributed by atoms with Gasteiger partial charge in [-0.1, -0.05) is 73.7 Å². The van der Waals surface area contributed by atoms with Crippen molar-refractivity contribution in [3.05, 3.63) is 101 Å². The van der Waals surface area contributed by atoms with Gasteiger partial charge in [-0.25, -0.2) is 0 Å². The first-order valence-corrected chi connectivity index (χ1v) is 11.6. The van der Waals surface area contributed by atoms with Gasteiger partial charge in [0.2, 0.25) is 0 Å². The van der Waals surface area contributed by atoms with Crippen LogP contribution in [-0.2, 0) is 6.42 Å². The first-order valence-electron chi connectivity index (χ1n) is 11.6. The Bertz CT molecular complexity index is 981. The quantitative estimate of drug-likeness (QED) is 0.413. The van der Waals surface area contributed by atoms with Crippen LogP contribution in [-0.4, -0.2) is 29.6 Å². The molecule has 0 unspecified atom stereocenters. The summed E-state index contributed by atoms with van der Waals surface area (Å²) in [5, 5.41) is 9.80. The lowest BCUT2D eigenvalue weighted by atomic mass is 9.87. The standard InChI is InChI=1S/C29H33NO/c1-2-28(24-10-4-3-5-11-24)29(26-16-18-27(31)19-17-26)25-14-12-23(13-15-25)9-8-22-30-20-6-7-21-30/h3-5,10-19,31H,2,6-9,20-22H2,1H3/b29-28+. The van der Waals surface area contributed by atoms with Gasteiger partial charge in [0.25, 0.3) is 0 Å². The average Bonchev–Trinajstić information content (AvgIpc) is 3.33. The molecule has 0 aromatic heterocycles. The highest BCUT2D eigenvalue weighted by Crippen LogP contribution is 2.35. The molecule has 160 valence electrons. The van der Waals surface area contributed by atoms with Crippen LogP contribution >= 0.6 is 0 Å². The summed E-state index contributed by atoms with van der Waals surface area (Å²) in [5.74, 6) is 0.300. The van der Waals surface area contributed by atoms with E-state index in [9.17, 15) is 5.11 Å². The Labute approximate surface area is 186 Å². The molecule has 0 aliphatic carbocycles. The van der Waals surface area contributed by atoms with Crippen molar-refractivity contribution in [1.29, 1.82) is 0 Å². The number of aromatic hydroxyl groups is 1. The van der Waals surface area contributed by atoms with Crippen molar-refractivity contribution in [2.24, 2.45) is 0 Å². The van der Waals surface area contributed by atoms with Crippen molar-refractivity contribution in [1.82, 2.24) is 4.90 Å². The van der Waals surface area contributed by atoms with E-state index in [2.05, 4.69) is 66.4 Å². The summed E-state index contributed by atoms with van der Waals surface area (Å²) in [6.07, 6.45) is 6.03. The largest absolute Gasteiger partial charge is 0.508 e. The number of phenolic OH excluding ortho intramolecular Hbond substituents is 1. The second-order valence-corrected chi connectivity index (χ2v) is 8.47. The number of allylic oxidation sites excluding steroid dienone is 1. The fourth-order valence-corrected chi connectivity index (χ4v) is 4.66. The van der Waals surface area contributed by atoms with Crippen molar-refractivity contribution in [3.63, 3.8) is 0 Å². The number of aryl methyl sites for hydroxylation is 1. The number of hydrogen-bond acceptors (Lipinski definition) is 2. The molecule has 1 aliphatic heterocycles. The van der Waals surface area contributed by atoms with Gasteiger partial charge in [0.15, 0.2) is 0 Å². The van der Waals surface area contributed by atoms with E-state index in [1.807, 2.05) is 12.1 Å². The van der Waals surface area contributed by atoms with Crippen molar-refractivity contribution >= 4 is 11.1 Å². The van der Waals surface area contributed by atoms with Gasteiger partial charge in [0.1, 0.15) is 5.75 Å². The Hall–Kier alpha value is -2.84. The summed E-state index contributed by atoms with van der Waals surface area (Å²) < 4.78 is 0. The summed E-state index contributed by atoms with van der Waals surface area (Å²) in [7, 11) is 0. The number of nitrogens with zero attached hydrogens (tertiary/aromatic N) is 1. The molecule has 31 heavy (non-hydrogen) atoms. The summed E-state index contributed by atoms with van der Waals surface area (Å²) in [4.78, 5) is 2.59. The number of rotatable bonds is 8. The van der Waals surface area contributed by atoms with Gasteiger partial charge in [-0.3, -0.25) is 0 Å². The van der Waals surface area contributed by atoms with E-state index in [0.29, 0.717) is 5.75 Å². The highest BCUT2D eigenvalue weighted by molar-refractivity contribution is 5.98. The van der Waals surface area contributed by atoms with Gasteiger partial charge in [0.05, 0.1) is 0 Å². The molecular weight excluding hydrogens is 378 g/mol. The van der Waals surface area contributed by atoms with Gasteiger partial charge in [-0.05, 0) is 97.3 Å². The number of phenols is 1. The highest BCUT2D eigenvalue weighted by Gasteiger charge is 2.14. The first-order chi connectivity index (χ1) is 15.2. The van der Waals surface area contributed by atoms with Gasteiger partial charge in [-0.2, -0.15) is 0 Å². The highest BCUT2D eigenvalue weighted by atomic mass is 16.3.